The number of hydrogen-bond acceptors (Lipinski definition) is 4. The van der Waals surface area contributed by atoms with Crippen molar-refractivity contribution < 1.29 is 13.2 Å². The standard InChI is InChI=1S/C21H23ClN4O3S/c1-2-17(21-23-14-18(26-21)15-8-4-3-5-9-15)25-20(27)12-13-24-30(28,29)19-11-7-6-10-16(19)22/h3-11,14,17,24H,2,12-13H2,1H3,(H,23,26)(H,25,27). The lowest BCUT2D eigenvalue weighted by Crippen LogP contribution is -2.33. The smallest absolute Gasteiger partial charge is 0.242 e. The van der Waals surface area contributed by atoms with E-state index in [9.17, 15) is 13.2 Å². The van der Waals surface area contributed by atoms with Crippen LogP contribution in [-0.2, 0) is 14.8 Å². The van der Waals surface area contributed by atoms with Gasteiger partial charge in [0.2, 0.25) is 15.9 Å². The van der Waals surface area contributed by atoms with Crippen molar-refractivity contribution >= 4 is 27.5 Å². The van der Waals surface area contributed by atoms with Gasteiger partial charge in [-0.25, -0.2) is 18.1 Å². The van der Waals surface area contributed by atoms with Crippen LogP contribution >= 0.6 is 11.6 Å². The highest BCUT2D eigenvalue weighted by Crippen LogP contribution is 2.21. The van der Waals surface area contributed by atoms with Gasteiger partial charge < -0.3 is 10.3 Å². The van der Waals surface area contributed by atoms with E-state index in [0.717, 1.165) is 11.3 Å². The molecule has 1 amide bonds. The number of nitrogens with one attached hydrogen (secondary N) is 3. The van der Waals surface area contributed by atoms with Gasteiger partial charge in [-0.1, -0.05) is 61.0 Å². The molecule has 0 aliphatic rings. The van der Waals surface area contributed by atoms with E-state index < -0.39 is 10.0 Å². The van der Waals surface area contributed by atoms with Crippen LogP contribution in [0.4, 0.5) is 0 Å². The van der Waals surface area contributed by atoms with Crippen LogP contribution in [-0.4, -0.2) is 30.8 Å². The van der Waals surface area contributed by atoms with E-state index >= 15 is 0 Å². The van der Waals surface area contributed by atoms with Gasteiger partial charge in [0.25, 0.3) is 0 Å². The fourth-order valence-electron chi connectivity index (χ4n) is 2.95. The SMILES string of the molecule is CCC(NC(=O)CCNS(=O)(=O)c1ccccc1Cl)c1ncc(-c2ccccc2)[nH]1. The highest BCUT2D eigenvalue weighted by molar-refractivity contribution is 7.89. The quantitative estimate of drug-likeness (QED) is 0.466. The number of amides is 1. The Balaban J connectivity index is 1.56. The number of H-pyrrole nitrogens is 1. The fraction of sp³-hybridized carbons (Fsp3) is 0.238. The molecule has 0 aliphatic carbocycles. The third kappa shape index (κ3) is 5.47. The predicted octanol–water partition coefficient (Wildman–Crippen LogP) is 3.67. The summed E-state index contributed by atoms with van der Waals surface area (Å²) in [5.41, 5.74) is 1.87. The Kier molecular flexibility index (Phi) is 7.25. The molecule has 0 saturated carbocycles. The van der Waals surface area contributed by atoms with Crippen molar-refractivity contribution in [2.75, 3.05) is 6.54 Å². The van der Waals surface area contributed by atoms with E-state index in [1.807, 2.05) is 37.3 Å². The molecule has 0 aliphatic heterocycles. The Morgan fingerprint density at radius 2 is 1.83 bits per heavy atom. The molecule has 1 atom stereocenters. The number of imidazole rings is 1. The third-order valence-corrected chi connectivity index (χ3v) is 6.48. The van der Waals surface area contributed by atoms with E-state index in [-0.39, 0.29) is 34.8 Å². The van der Waals surface area contributed by atoms with E-state index in [1.165, 1.54) is 12.1 Å². The largest absolute Gasteiger partial charge is 0.346 e. The highest BCUT2D eigenvalue weighted by Gasteiger charge is 2.19. The zero-order valence-electron chi connectivity index (χ0n) is 16.4. The average Bonchev–Trinajstić information content (AvgIpc) is 3.23. The second-order valence-corrected chi connectivity index (χ2v) is 8.80. The van der Waals surface area contributed by atoms with Crippen LogP contribution in [0.25, 0.3) is 11.3 Å². The first-order valence-corrected chi connectivity index (χ1v) is 11.4. The molecule has 0 bridgehead atoms. The van der Waals surface area contributed by atoms with Gasteiger partial charge in [-0.05, 0) is 24.1 Å². The summed E-state index contributed by atoms with van der Waals surface area (Å²) in [4.78, 5) is 20.0. The van der Waals surface area contributed by atoms with Crippen molar-refractivity contribution in [1.82, 2.24) is 20.0 Å². The lowest BCUT2D eigenvalue weighted by atomic mass is 10.2. The molecule has 9 heteroatoms. The maximum atomic E-state index is 12.3. The summed E-state index contributed by atoms with van der Waals surface area (Å²) in [6, 6.07) is 15.6. The van der Waals surface area contributed by atoms with Gasteiger partial charge in [0, 0.05) is 13.0 Å². The molecular formula is C21H23ClN4O3S. The summed E-state index contributed by atoms with van der Waals surface area (Å²) < 4.78 is 27.1. The molecule has 0 radical (unpaired) electrons. The fourth-order valence-corrected chi connectivity index (χ4v) is 4.50. The first kappa shape index (κ1) is 22.0. The second kappa shape index (κ2) is 9.88. The zero-order chi connectivity index (χ0) is 21.6. The van der Waals surface area contributed by atoms with Crippen LogP contribution < -0.4 is 10.0 Å². The van der Waals surface area contributed by atoms with E-state index in [0.29, 0.717) is 12.2 Å². The number of benzene rings is 2. The lowest BCUT2D eigenvalue weighted by molar-refractivity contribution is -0.121. The molecular weight excluding hydrogens is 424 g/mol. The van der Waals surface area contributed by atoms with Gasteiger partial charge in [-0.2, -0.15) is 0 Å². The van der Waals surface area contributed by atoms with E-state index in [2.05, 4.69) is 20.0 Å². The summed E-state index contributed by atoms with van der Waals surface area (Å²) in [5.74, 6) is 0.378. The molecule has 0 saturated heterocycles. The average molecular weight is 447 g/mol. The normalized spacial score (nSPS) is 12.5. The van der Waals surface area contributed by atoms with Gasteiger partial charge >= 0.3 is 0 Å². The number of nitrogens with zero attached hydrogens (tertiary/aromatic N) is 1. The van der Waals surface area contributed by atoms with Crippen molar-refractivity contribution in [1.29, 1.82) is 0 Å². The highest BCUT2D eigenvalue weighted by atomic mass is 35.5. The second-order valence-electron chi connectivity index (χ2n) is 6.65. The Hall–Kier alpha value is -2.68. The third-order valence-electron chi connectivity index (χ3n) is 4.52. The minimum absolute atomic E-state index is 0.00751. The minimum atomic E-state index is -3.78. The van der Waals surface area contributed by atoms with Crippen molar-refractivity contribution in [3.8, 4) is 11.3 Å². The van der Waals surface area contributed by atoms with Crippen LogP contribution in [0.1, 0.15) is 31.6 Å². The molecule has 158 valence electrons. The summed E-state index contributed by atoms with van der Waals surface area (Å²) in [6.45, 7) is 1.90. The maximum absolute atomic E-state index is 12.3. The van der Waals surface area contributed by atoms with Crippen LogP contribution in [0.15, 0.2) is 65.7 Å². The number of hydrogen-bond donors (Lipinski definition) is 3. The monoisotopic (exact) mass is 446 g/mol. The summed E-state index contributed by atoms with van der Waals surface area (Å²) in [6.07, 6.45) is 2.36. The molecule has 0 fully saturated rings. The summed E-state index contributed by atoms with van der Waals surface area (Å²) >= 11 is 5.94. The Morgan fingerprint density at radius 3 is 2.53 bits per heavy atom. The number of carbonyl (C=O) groups excluding carboxylic acids is 1. The molecule has 7 nitrogen and oxygen atoms in total. The van der Waals surface area contributed by atoms with Crippen molar-refractivity contribution in [2.24, 2.45) is 0 Å². The first-order chi connectivity index (χ1) is 14.4. The van der Waals surface area contributed by atoms with Crippen LogP contribution in [0.3, 0.4) is 0 Å². The number of halogens is 1. The van der Waals surface area contributed by atoms with Gasteiger partial charge in [-0.15, -0.1) is 0 Å². The van der Waals surface area contributed by atoms with Crippen molar-refractivity contribution in [3.63, 3.8) is 0 Å². The summed E-state index contributed by atoms with van der Waals surface area (Å²) in [7, 11) is -3.78. The Labute approximate surface area is 180 Å². The van der Waals surface area contributed by atoms with Gasteiger partial charge in [0.1, 0.15) is 10.7 Å². The van der Waals surface area contributed by atoms with Crippen LogP contribution in [0.2, 0.25) is 5.02 Å². The zero-order valence-corrected chi connectivity index (χ0v) is 18.0. The molecule has 0 spiro atoms. The first-order valence-electron chi connectivity index (χ1n) is 9.54. The van der Waals surface area contributed by atoms with Crippen molar-refractivity contribution in [3.05, 3.63) is 71.6 Å². The molecule has 1 aromatic heterocycles. The molecule has 1 unspecified atom stereocenters. The predicted molar refractivity (Wildman–Crippen MR) is 116 cm³/mol. The maximum Gasteiger partial charge on any atom is 0.242 e. The van der Waals surface area contributed by atoms with Crippen LogP contribution in [0.5, 0.6) is 0 Å². The molecule has 3 aromatic rings. The number of aromatic nitrogens is 2. The van der Waals surface area contributed by atoms with Gasteiger partial charge in [0.05, 0.1) is 23.0 Å². The molecule has 3 rings (SSSR count). The van der Waals surface area contributed by atoms with Gasteiger partial charge in [0.15, 0.2) is 0 Å². The minimum Gasteiger partial charge on any atom is -0.346 e. The topological polar surface area (TPSA) is 104 Å². The Morgan fingerprint density at radius 1 is 1.13 bits per heavy atom. The van der Waals surface area contributed by atoms with Crippen LogP contribution in [0, 0.1) is 0 Å². The number of carbonyl (C=O) groups is 1. The molecule has 2 aromatic carbocycles. The van der Waals surface area contributed by atoms with E-state index in [1.54, 1.807) is 18.3 Å². The molecule has 30 heavy (non-hydrogen) atoms. The van der Waals surface area contributed by atoms with Crippen molar-refractivity contribution in [2.45, 2.75) is 30.7 Å². The van der Waals surface area contributed by atoms with Gasteiger partial charge in [-0.3, -0.25) is 4.79 Å². The number of sulfonamides is 1. The lowest BCUT2D eigenvalue weighted by Gasteiger charge is -2.15. The van der Waals surface area contributed by atoms with E-state index in [4.69, 9.17) is 11.6 Å². The Bertz CT molecular complexity index is 1100. The number of aromatic amines is 1. The molecule has 1 heterocycles. The number of rotatable bonds is 9. The molecule has 3 N–H and O–H groups in total. The summed E-state index contributed by atoms with van der Waals surface area (Å²) in [5, 5.41) is 3.02.